The number of para-hydroxylation sites is 1. The second-order valence-electron chi connectivity index (χ2n) is 11.5. The van der Waals surface area contributed by atoms with Crippen LogP contribution in [0.3, 0.4) is 0 Å². The number of aromatic nitrogens is 3. The number of nitrogens with zero attached hydrogens (tertiary/aromatic N) is 3. The third-order valence-electron chi connectivity index (χ3n) is 9.00. The minimum atomic E-state index is -0.0822. The Balaban J connectivity index is 1.25. The van der Waals surface area contributed by atoms with Crippen LogP contribution >= 0.6 is 0 Å². The van der Waals surface area contributed by atoms with Crippen LogP contribution in [-0.4, -0.2) is 14.5 Å². The van der Waals surface area contributed by atoms with Crippen molar-refractivity contribution in [3.8, 4) is 27.9 Å². The molecule has 4 heteroatoms. The zero-order chi connectivity index (χ0) is 27.3. The Labute approximate surface area is 236 Å². The molecule has 0 bridgehead atoms. The third-order valence-corrected chi connectivity index (χ3v) is 9.00. The number of fused-ring (bicyclic) bond motifs is 9. The normalized spacial score (nSPS) is 13.8. The van der Waals surface area contributed by atoms with E-state index in [1.807, 2.05) is 36.9 Å². The van der Waals surface area contributed by atoms with Gasteiger partial charge in [-0.2, -0.15) is 0 Å². The molecule has 0 aliphatic heterocycles. The Bertz CT molecular complexity index is 2300. The molecule has 4 nitrogen and oxygen atoms in total. The van der Waals surface area contributed by atoms with Crippen LogP contribution in [0.5, 0.6) is 0 Å². The molecule has 4 heterocycles. The van der Waals surface area contributed by atoms with E-state index < -0.39 is 0 Å². The molecule has 8 aromatic rings. The molecule has 0 N–H and O–H groups in total. The first-order valence-electron chi connectivity index (χ1n) is 14.0. The summed E-state index contributed by atoms with van der Waals surface area (Å²) in [6.07, 6.45) is 7.61. The van der Waals surface area contributed by atoms with E-state index in [0.29, 0.717) is 0 Å². The van der Waals surface area contributed by atoms with E-state index in [2.05, 4.69) is 107 Å². The third kappa shape index (κ3) is 3.05. The molecule has 41 heavy (non-hydrogen) atoms. The topological polar surface area (TPSA) is 43.9 Å². The Morgan fingerprint density at radius 3 is 2.00 bits per heavy atom. The van der Waals surface area contributed by atoms with Gasteiger partial charge in [0.15, 0.2) is 0 Å². The van der Waals surface area contributed by atoms with E-state index in [0.717, 1.165) is 49.4 Å². The van der Waals surface area contributed by atoms with Crippen molar-refractivity contribution in [1.82, 2.24) is 14.5 Å². The molecule has 0 saturated carbocycles. The van der Waals surface area contributed by atoms with Crippen LogP contribution in [0.1, 0.15) is 25.0 Å². The Hall–Kier alpha value is -5.22. The van der Waals surface area contributed by atoms with Crippen molar-refractivity contribution in [2.24, 2.45) is 0 Å². The molecule has 9 rings (SSSR count). The summed E-state index contributed by atoms with van der Waals surface area (Å²) in [5.74, 6) is 0. The van der Waals surface area contributed by atoms with Crippen molar-refractivity contribution in [3.05, 3.63) is 127 Å². The highest BCUT2D eigenvalue weighted by molar-refractivity contribution is 6.09. The van der Waals surface area contributed by atoms with Crippen LogP contribution in [0.2, 0.25) is 0 Å². The van der Waals surface area contributed by atoms with Crippen LogP contribution in [0.25, 0.3) is 71.7 Å². The van der Waals surface area contributed by atoms with Crippen molar-refractivity contribution in [2.45, 2.75) is 19.3 Å². The molecule has 4 aromatic carbocycles. The number of furan rings is 1. The summed E-state index contributed by atoms with van der Waals surface area (Å²) in [5.41, 5.74) is 12.9. The molecule has 0 amide bonds. The van der Waals surface area contributed by atoms with Crippen molar-refractivity contribution in [3.63, 3.8) is 0 Å². The van der Waals surface area contributed by atoms with Crippen molar-refractivity contribution in [1.29, 1.82) is 0 Å². The summed E-state index contributed by atoms with van der Waals surface area (Å²) in [4.78, 5) is 8.80. The first kappa shape index (κ1) is 22.6. The number of pyridine rings is 2. The first-order valence-corrected chi connectivity index (χ1v) is 14.0. The second-order valence-corrected chi connectivity index (χ2v) is 11.5. The molecular formula is C37H25N3O. The summed E-state index contributed by atoms with van der Waals surface area (Å²) in [6.45, 7) is 4.66. The number of hydrogen-bond donors (Lipinski definition) is 0. The van der Waals surface area contributed by atoms with Crippen molar-refractivity contribution in [2.75, 3.05) is 0 Å². The molecule has 0 atom stereocenters. The van der Waals surface area contributed by atoms with Gasteiger partial charge in [-0.1, -0.05) is 56.3 Å². The number of benzene rings is 4. The molecule has 0 spiro atoms. The lowest BCUT2D eigenvalue weighted by molar-refractivity contribution is 0.660. The van der Waals surface area contributed by atoms with E-state index in [1.54, 1.807) is 0 Å². The molecule has 0 fully saturated rings. The highest BCUT2D eigenvalue weighted by atomic mass is 16.3. The predicted octanol–water partition coefficient (Wildman–Crippen LogP) is 9.45. The van der Waals surface area contributed by atoms with E-state index in [-0.39, 0.29) is 5.41 Å². The maximum Gasteiger partial charge on any atom is 0.135 e. The maximum atomic E-state index is 6.09. The van der Waals surface area contributed by atoms with Gasteiger partial charge >= 0.3 is 0 Å². The van der Waals surface area contributed by atoms with Gasteiger partial charge in [-0.25, -0.2) is 0 Å². The summed E-state index contributed by atoms with van der Waals surface area (Å²) in [7, 11) is 0. The fourth-order valence-electron chi connectivity index (χ4n) is 6.97. The highest BCUT2D eigenvalue weighted by Crippen LogP contribution is 2.50. The second kappa shape index (κ2) is 7.92. The predicted molar refractivity (Wildman–Crippen MR) is 167 cm³/mol. The van der Waals surface area contributed by atoms with Crippen molar-refractivity contribution >= 4 is 43.7 Å². The molecule has 1 aliphatic rings. The van der Waals surface area contributed by atoms with Crippen LogP contribution in [0, 0.1) is 0 Å². The lowest BCUT2D eigenvalue weighted by Crippen LogP contribution is -2.14. The largest absolute Gasteiger partial charge is 0.456 e. The minimum Gasteiger partial charge on any atom is -0.456 e. The van der Waals surface area contributed by atoms with Crippen LogP contribution in [-0.2, 0) is 5.41 Å². The lowest BCUT2D eigenvalue weighted by Gasteiger charge is -2.22. The quantitative estimate of drug-likeness (QED) is 0.225. The van der Waals surface area contributed by atoms with Crippen LogP contribution in [0.15, 0.2) is 120 Å². The zero-order valence-electron chi connectivity index (χ0n) is 22.7. The molecule has 0 radical (unpaired) electrons. The summed E-state index contributed by atoms with van der Waals surface area (Å²) < 4.78 is 8.42. The molecule has 4 aromatic heterocycles. The summed E-state index contributed by atoms with van der Waals surface area (Å²) in [6, 6.07) is 32.9. The van der Waals surface area contributed by atoms with Gasteiger partial charge in [0, 0.05) is 57.4 Å². The Morgan fingerprint density at radius 2 is 1.22 bits per heavy atom. The van der Waals surface area contributed by atoms with E-state index in [9.17, 15) is 0 Å². The fourth-order valence-corrected chi connectivity index (χ4v) is 6.97. The lowest BCUT2D eigenvalue weighted by atomic mass is 9.82. The summed E-state index contributed by atoms with van der Waals surface area (Å²) in [5, 5.41) is 4.53. The van der Waals surface area contributed by atoms with Crippen molar-refractivity contribution < 1.29 is 4.42 Å². The standard InChI is InChI=1S/C37H25N3O/c1-37(2)31-10-7-22(23-8-12-36-28(18-23)25-5-3-4-6-35(25)41-36)17-26(31)27-19-24(9-11-32(27)37)40-33-13-15-38-20-29(33)30-21-39-16-14-34(30)40/h3-21H,1-2H3. The van der Waals surface area contributed by atoms with E-state index >= 15 is 0 Å². The zero-order valence-corrected chi connectivity index (χ0v) is 22.7. The smallest absolute Gasteiger partial charge is 0.135 e. The molecular weight excluding hydrogens is 502 g/mol. The highest BCUT2D eigenvalue weighted by Gasteiger charge is 2.36. The fraction of sp³-hybridized carbons (Fsp3) is 0.0811. The first-order chi connectivity index (χ1) is 20.1. The molecule has 194 valence electrons. The van der Waals surface area contributed by atoms with Crippen LogP contribution in [0.4, 0.5) is 0 Å². The number of rotatable bonds is 2. The van der Waals surface area contributed by atoms with Gasteiger partial charge in [0.05, 0.1) is 11.0 Å². The average molecular weight is 528 g/mol. The SMILES string of the molecule is CC1(C)c2ccc(-c3ccc4oc5ccccc5c4c3)cc2-c2cc(-n3c4ccncc4c4cnccc43)ccc21. The van der Waals surface area contributed by atoms with E-state index in [4.69, 9.17) is 4.42 Å². The maximum absolute atomic E-state index is 6.09. The monoisotopic (exact) mass is 527 g/mol. The van der Waals surface area contributed by atoms with E-state index in [1.165, 1.54) is 33.4 Å². The van der Waals surface area contributed by atoms with Gasteiger partial charge < -0.3 is 8.98 Å². The van der Waals surface area contributed by atoms with Crippen LogP contribution < -0.4 is 0 Å². The molecule has 1 aliphatic carbocycles. The summed E-state index contributed by atoms with van der Waals surface area (Å²) >= 11 is 0. The average Bonchev–Trinajstić information content (AvgIpc) is 3.62. The molecule has 0 saturated heterocycles. The van der Waals surface area contributed by atoms with Gasteiger partial charge in [0.1, 0.15) is 11.2 Å². The van der Waals surface area contributed by atoms with Gasteiger partial charge in [-0.05, 0) is 81.9 Å². The van der Waals surface area contributed by atoms with Gasteiger partial charge in [-0.15, -0.1) is 0 Å². The van der Waals surface area contributed by atoms with Gasteiger partial charge in [0.2, 0.25) is 0 Å². The Kier molecular flexibility index (Phi) is 4.36. The van der Waals surface area contributed by atoms with Gasteiger partial charge in [0.25, 0.3) is 0 Å². The molecule has 0 unspecified atom stereocenters. The van der Waals surface area contributed by atoms with Gasteiger partial charge in [-0.3, -0.25) is 9.97 Å². The Morgan fingerprint density at radius 1 is 0.585 bits per heavy atom. The number of hydrogen-bond acceptors (Lipinski definition) is 3. The minimum absolute atomic E-state index is 0.0822.